The molecule has 4 heteroatoms. The lowest BCUT2D eigenvalue weighted by molar-refractivity contribution is 0.203. The van der Waals surface area contributed by atoms with Crippen LogP contribution in [0.3, 0.4) is 0 Å². The Balaban J connectivity index is 0.00000112. The first-order chi connectivity index (χ1) is 6.74. The van der Waals surface area contributed by atoms with Crippen molar-refractivity contribution in [2.45, 2.75) is 32.4 Å². The number of thiophene rings is 1. The first kappa shape index (κ1) is 13.0. The lowest BCUT2D eigenvalue weighted by atomic mass is 10.1. The molecule has 0 bridgehead atoms. The van der Waals surface area contributed by atoms with Crippen molar-refractivity contribution in [2.75, 3.05) is 13.1 Å². The van der Waals surface area contributed by atoms with Gasteiger partial charge in [0.2, 0.25) is 0 Å². The molecule has 1 aliphatic heterocycles. The van der Waals surface area contributed by atoms with Gasteiger partial charge in [0.25, 0.3) is 0 Å². The number of aryl methyl sites for hydroxylation is 1. The SMILES string of the molecule is Cc1ccc(CN2CCCC(N)C2)s1.Cl. The molecule has 1 atom stereocenters. The Morgan fingerprint density at radius 3 is 2.93 bits per heavy atom. The van der Waals surface area contributed by atoms with Crippen LogP contribution in [0.4, 0.5) is 0 Å². The van der Waals surface area contributed by atoms with Gasteiger partial charge in [0.05, 0.1) is 0 Å². The van der Waals surface area contributed by atoms with Crippen LogP contribution in [0.5, 0.6) is 0 Å². The number of piperidine rings is 1. The molecule has 2 rings (SSSR count). The Labute approximate surface area is 102 Å². The third kappa shape index (κ3) is 3.76. The van der Waals surface area contributed by atoms with E-state index in [9.17, 15) is 0 Å². The smallest absolute Gasteiger partial charge is 0.0328 e. The first-order valence-corrected chi connectivity index (χ1v) is 6.09. The minimum absolute atomic E-state index is 0. The summed E-state index contributed by atoms with van der Waals surface area (Å²) in [6.45, 7) is 5.53. The molecule has 0 radical (unpaired) electrons. The van der Waals surface area contributed by atoms with Crippen LogP contribution in [0, 0.1) is 6.92 Å². The van der Waals surface area contributed by atoms with E-state index in [2.05, 4.69) is 24.0 Å². The molecule has 1 aliphatic rings. The van der Waals surface area contributed by atoms with E-state index in [4.69, 9.17) is 5.73 Å². The van der Waals surface area contributed by atoms with Crippen molar-refractivity contribution >= 4 is 23.7 Å². The van der Waals surface area contributed by atoms with E-state index in [0.29, 0.717) is 6.04 Å². The third-order valence-corrected chi connectivity index (χ3v) is 3.70. The molecule has 1 fully saturated rings. The number of rotatable bonds is 2. The number of hydrogen-bond donors (Lipinski definition) is 1. The topological polar surface area (TPSA) is 29.3 Å². The van der Waals surface area contributed by atoms with Crippen molar-refractivity contribution in [2.24, 2.45) is 5.73 Å². The number of likely N-dealkylation sites (tertiary alicyclic amines) is 1. The van der Waals surface area contributed by atoms with Crippen LogP contribution >= 0.6 is 23.7 Å². The van der Waals surface area contributed by atoms with Crippen LogP contribution in [-0.2, 0) is 6.54 Å². The molecule has 1 aromatic rings. The molecule has 0 aromatic carbocycles. The molecule has 1 unspecified atom stereocenters. The summed E-state index contributed by atoms with van der Waals surface area (Å²) in [6.07, 6.45) is 2.45. The summed E-state index contributed by atoms with van der Waals surface area (Å²) in [5.41, 5.74) is 5.95. The molecule has 15 heavy (non-hydrogen) atoms. The van der Waals surface area contributed by atoms with Crippen molar-refractivity contribution in [1.29, 1.82) is 0 Å². The maximum absolute atomic E-state index is 5.95. The molecule has 0 spiro atoms. The van der Waals surface area contributed by atoms with Crippen molar-refractivity contribution in [3.8, 4) is 0 Å². The van der Waals surface area contributed by atoms with Crippen LogP contribution in [0.2, 0.25) is 0 Å². The lowest BCUT2D eigenvalue weighted by Gasteiger charge is -2.30. The monoisotopic (exact) mass is 246 g/mol. The third-order valence-electron chi connectivity index (χ3n) is 2.72. The largest absolute Gasteiger partial charge is 0.327 e. The van der Waals surface area contributed by atoms with E-state index in [-0.39, 0.29) is 12.4 Å². The molecule has 1 saturated heterocycles. The van der Waals surface area contributed by atoms with Gasteiger partial charge in [-0.3, -0.25) is 4.90 Å². The lowest BCUT2D eigenvalue weighted by Crippen LogP contribution is -2.42. The summed E-state index contributed by atoms with van der Waals surface area (Å²) in [7, 11) is 0. The zero-order chi connectivity index (χ0) is 9.97. The number of nitrogens with two attached hydrogens (primary N) is 1. The molecule has 0 saturated carbocycles. The van der Waals surface area contributed by atoms with Gasteiger partial charge in [-0.05, 0) is 38.4 Å². The van der Waals surface area contributed by atoms with Gasteiger partial charge in [0.1, 0.15) is 0 Å². The zero-order valence-corrected chi connectivity index (χ0v) is 10.7. The van der Waals surface area contributed by atoms with Crippen LogP contribution in [0.25, 0.3) is 0 Å². The van der Waals surface area contributed by atoms with Gasteiger partial charge in [-0.1, -0.05) is 0 Å². The normalized spacial score (nSPS) is 22.4. The van der Waals surface area contributed by atoms with Gasteiger partial charge >= 0.3 is 0 Å². The van der Waals surface area contributed by atoms with Crippen molar-refractivity contribution in [1.82, 2.24) is 4.90 Å². The maximum atomic E-state index is 5.95. The summed E-state index contributed by atoms with van der Waals surface area (Å²) >= 11 is 1.90. The first-order valence-electron chi connectivity index (χ1n) is 5.27. The van der Waals surface area contributed by atoms with Gasteiger partial charge in [-0.25, -0.2) is 0 Å². The average molecular weight is 247 g/mol. The second-order valence-electron chi connectivity index (χ2n) is 4.15. The Bertz CT molecular complexity index is 301. The Kier molecular flexibility index (Phi) is 5.06. The molecule has 2 N–H and O–H groups in total. The number of hydrogen-bond acceptors (Lipinski definition) is 3. The second kappa shape index (κ2) is 5.85. The fraction of sp³-hybridized carbons (Fsp3) is 0.636. The predicted molar refractivity (Wildman–Crippen MR) is 68.8 cm³/mol. The summed E-state index contributed by atoms with van der Waals surface area (Å²) in [6, 6.07) is 4.83. The van der Waals surface area contributed by atoms with E-state index in [1.807, 2.05) is 11.3 Å². The fourth-order valence-electron chi connectivity index (χ4n) is 2.03. The molecule has 0 aliphatic carbocycles. The molecular formula is C11H19ClN2S. The molecule has 2 heterocycles. The number of halogens is 1. The van der Waals surface area contributed by atoms with Gasteiger partial charge < -0.3 is 5.73 Å². The minimum Gasteiger partial charge on any atom is -0.327 e. The quantitative estimate of drug-likeness (QED) is 0.869. The van der Waals surface area contributed by atoms with Crippen LogP contribution in [0.1, 0.15) is 22.6 Å². The van der Waals surface area contributed by atoms with Crippen molar-refractivity contribution < 1.29 is 0 Å². The molecule has 1 aromatic heterocycles. The molecule has 86 valence electrons. The van der Waals surface area contributed by atoms with Gasteiger partial charge in [-0.15, -0.1) is 23.7 Å². The Hall–Kier alpha value is -0.0900. The minimum atomic E-state index is 0. The van der Waals surface area contributed by atoms with Crippen LogP contribution in [0.15, 0.2) is 12.1 Å². The Morgan fingerprint density at radius 2 is 2.33 bits per heavy atom. The summed E-state index contributed by atoms with van der Waals surface area (Å²) in [5, 5.41) is 0. The van der Waals surface area contributed by atoms with Crippen molar-refractivity contribution in [3.05, 3.63) is 21.9 Å². The van der Waals surface area contributed by atoms with Gasteiger partial charge in [0, 0.05) is 28.9 Å². The highest BCUT2D eigenvalue weighted by Gasteiger charge is 2.16. The molecular weight excluding hydrogens is 228 g/mol. The zero-order valence-electron chi connectivity index (χ0n) is 9.11. The highest BCUT2D eigenvalue weighted by molar-refractivity contribution is 7.11. The summed E-state index contributed by atoms with van der Waals surface area (Å²) in [4.78, 5) is 5.34. The molecule has 2 nitrogen and oxygen atoms in total. The highest BCUT2D eigenvalue weighted by Crippen LogP contribution is 2.19. The Morgan fingerprint density at radius 1 is 1.53 bits per heavy atom. The summed E-state index contributed by atoms with van der Waals surface area (Å²) in [5.74, 6) is 0. The predicted octanol–water partition coefficient (Wildman–Crippen LogP) is 2.40. The van der Waals surface area contributed by atoms with Gasteiger partial charge in [0.15, 0.2) is 0 Å². The average Bonchev–Trinajstić information content (AvgIpc) is 2.51. The highest BCUT2D eigenvalue weighted by atomic mass is 35.5. The van der Waals surface area contributed by atoms with E-state index < -0.39 is 0 Å². The second-order valence-corrected chi connectivity index (χ2v) is 5.52. The van der Waals surface area contributed by atoms with Crippen LogP contribution in [-0.4, -0.2) is 24.0 Å². The molecule has 0 amide bonds. The van der Waals surface area contributed by atoms with E-state index >= 15 is 0 Å². The van der Waals surface area contributed by atoms with Crippen LogP contribution < -0.4 is 5.73 Å². The van der Waals surface area contributed by atoms with Crippen molar-refractivity contribution in [3.63, 3.8) is 0 Å². The number of nitrogens with zero attached hydrogens (tertiary/aromatic N) is 1. The van der Waals surface area contributed by atoms with E-state index in [0.717, 1.165) is 13.1 Å². The fourth-order valence-corrected chi connectivity index (χ4v) is 2.96. The summed E-state index contributed by atoms with van der Waals surface area (Å²) < 4.78 is 0. The van der Waals surface area contributed by atoms with Gasteiger partial charge in [-0.2, -0.15) is 0 Å². The van der Waals surface area contributed by atoms with E-state index in [1.165, 1.54) is 29.1 Å². The standard InChI is InChI=1S/C11H18N2S.ClH/c1-9-4-5-11(14-9)8-13-6-2-3-10(12)7-13;/h4-5,10H,2-3,6-8,12H2,1H3;1H. The maximum Gasteiger partial charge on any atom is 0.0328 e. The van der Waals surface area contributed by atoms with E-state index in [1.54, 1.807) is 0 Å².